The van der Waals surface area contributed by atoms with Gasteiger partial charge < -0.3 is 19.7 Å². The van der Waals surface area contributed by atoms with Crippen LogP contribution in [0.5, 0.6) is 5.75 Å². The molecule has 220 valence electrons. The second-order valence-electron chi connectivity index (χ2n) is 10.4. The Hall–Kier alpha value is -3.32. The van der Waals surface area contributed by atoms with Gasteiger partial charge in [-0.05, 0) is 62.6 Å². The molecular weight excluding hydrogens is 551 g/mol. The third-order valence-electron chi connectivity index (χ3n) is 5.98. The molecule has 0 saturated carbocycles. The molecular formula is C27H34F3N3O6S. The molecule has 1 saturated heterocycles. The molecule has 1 fully saturated rings. The third kappa shape index (κ3) is 8.59. The first-order chi connectivity index (χ1) is 18.6. The van der Waals surface area contributed by atoms with Crippen LogP contribution in [0.4, 0.5) is 18.0 Å². The molecule has 0 aliphatic carbocycles. The summed E-state index contributed by atoms with van der Waals surface area (Å²) in [6, 6.07) is 10.1. The van der Waals surface area contributed by atoms with E-state index in [1.165, 1.54) is 4.90 Å². The maximum atomic E-state index is 13.5. The first kappa shape index (κ1) is 31.2. The van der Waals surface area contributed by atoms with Crippen LogP contribution in [0.3, 0.4) is 0 Å². The lowest BCUT2D eigenvalue weighted by Gasteiger charge is -2.39. The summed E-state index contributed by atoms with van der Waals surface area (Å²) in [5, 5.41) is 2.75. The molecule has 0 aromatic heterocycles. The van der Waals surface area contributed by atoms with Crippen molar-refractivity contribution in [1.29, 1.82) is 0 Å². The van der Waals surface area contributed by atoms with Gasteiger partial charge in [-0.15, -0.1) is 13.2 Å². The van der Waals surface area contributed by atoms with Gasteiger partial charge in [0.15, 0.2) is 0 Å². The predicted octanol–water partition coefficient (Wildman–Crippen LogP) is 4.46. The molecule has 1 aliphatic heterocycles. The molecule has 13 heteroatoms. The standard InChI is InChI=1S/C27H34F3N3O6S/c1-5-6-19-7-9-20(10-8-19)17-31-24(34)23-18-32(25(35)39-26(2,3)4)15-16-33(23)40(36,37)22-13-11-21(12-14-22)38-27(28,29)30/h7-14,23H,5-6,15-18H2,1-4H3,(H,31,34). The van der Waals surface area contributed by atoms with Gasteiger partial charge >= 0.3 is 12.5 Å². The van der Waals surface area contributed by atoms with E-state index >= 15 is 0 Å². The highest BCUT2D eigenvalue weighted by atomic mass is 32.2. The second kappa shape index (κ2) is 12.5. The Kier molecular flexibility index (Phi) is 9.72. The van der Waals surface area contributed by atoms with Crippen molar-refractivity contribution in [3.05, 3.63) is 59.7 Å². The second-order valence-corrected chi connectivity index (χ2v) is 12.3. The highest BCUT2D eigenvalue weighted by Gasteiger charge is 2.42. The first-order valence-corrected chi connectivity index (χ1v) is 14.2. The number of rotatable bonds is 8. The van der Waals surface area contributed by atoms with E-state index in [9.17, 15) is 31.2 Å². The summed E-state index contributed by atoms with van der Waals surface area (Å²) < 4.78 is 74.8. The van der Waals surface area contributed by atoms with Crippen LogP contribution in [0.1, 0.15) is 45.2 Å². The molecule has 1 unspecified atom stereocenters. The largest absolute Gasteiger partial charge is 0.573 e. The van der Waals surface area contributed by atoms with E-state index in [2.05, 4.69) is 17.0 Å². The fourth-order valence-corrected chi connectivity index (χ4v) is 5.70. The van der Waals surface area contributed by atoms with Crippen LogP contribution in [0.2, 0.25) is 0 Å². The van der Waals surface area contributed by atoms with Crippen molar-refractivity contribution in [3.8, 4) is 5.75 Å². The van der Waals surface area contributed by atoms with Crippen molar-refractivity contribution in [2.75, 3.05) is 19.6 Å². The van der Waals surface area contributed by atoms with Crippen LogP contribution in [-0.4, -0.2) is 67.3 Å². The number of hydrogen-bond donors (Lipinski definition) is 1. The fourth-order valence-electron chi connectivity index (χ4n) is 4.13. The number of carbonyl (C=O) groups is 2. The van der Waals surface area contributed by atoms with E-state index in [0.29, 0.717) is 0 Å². The van der Waals surface area contributed by atoms with E-state index in [4.69, 9.17) is 4.74 Å². The Morgan fingerprint density at radius 1 is 0.975 bits per heavy atom. The lowest BCUT2D eigenvalue weighted by Crippen LogP contribution is -2.61. The van der Waals surface area contributed by atoms with Gasteiger partial charge in [-0.3, -0.25) is 4.79 Å². The smallest absolute Gasteiger partial charge is 0.444 e. The van der Waals surface area contributed by atoms with Crippen LogP contribution in [0.25, 0.3) is 0 Å². The number of carbonyl (C=O) groups excluding carboxylic acids is 2. The van der Waals surface area contributed by atoms with Gasteiger partial charge in [-0.25, -0.2) is 13.2 Å². The lowest BCUT2D eigenvalue weighted by molar-refractivity contribution is -0.274. The Bertz CT molecular complexity index is 1280. The molecule has 0 bridgehead atoms. The Labute approximate surface area is 232 Å². The van der Waals surface area contributed by atoms with E-state index in [1.54, 1.807) is 20.8 Å². The highest BCUT2D eigenvalue weighted by molar-refractivity contribution is 7.89. The van der Waals surface area contributed by atoms with Crippen molar-refractivity contribution in [2.24, 2.45) is 0 Å². The molecule has 0 radical (unpaired) electrons. The molecule has 1 aliphatic rings. The van der Waals surface area contributed by atoms with Crippen molar-refractivity contribution in [1.82, 2.24) is 14.5 Å². The molecule has 2 amide bonds. The molecule has 40 heavy (non-hydrogen) atoms. The van der Waals surface area contributed by atoms with Crippen LogP contribution >= 0.6 is 0 Å². The number of ether oxygens (including phenoxy) is 2. The Balaban J connectivity index is 1.83. The van der Waals surface area contributed by atoms with Crippen LogP contribution in [0.15, 0.2) is 53.4 Å². The minimum absolute atomic E-state index is 0.0495. The van der Waals surface area contributed by atoms with Crippen LogP contribution in [0, 0.1) is 0 Å². The average molecular weight is 586 g/mol. The number of alkyl halides is 3. The van der Waals surface area contributed by atoms with Crippen molar-refractivity contribution in [2.45, 2.75) is 70.0 Å². The molecule has 1 atom stereocenters. The van der Waals surface area contributed by atoms with E-state index < -0.39 is 45.8 Å². The summed E-state index contributed by atoms with van der Waals surface area (Å²) in [5.74, 6) is -1.22. The van der Waals surface area contributed by atoms with Crippen molar-refractivity contribution >= 4 is 22.0 Å². The summed E-state index contributed by atoms with van der Waals surface area (Å²) in [5.41, 5.74) is 1.16. The van der Waals surface area contributed by atoms with E-state index in [1.807, 2.05) is 24.3 Å². The maximum Gasteiger partial charge on any atom is 0.573 e. The SMILES string of the molecule is CCCc1ccc(CNC(=O)C2CN(C(=O)OC(C)(C)C)CCN2S(=O)(=O)c2ccc(OC(F)(F)F)cc2)cc1. The van der Waals surface area contributed by atoms with Gasteiger partial charge in [-0.1, -0.05) is 37.6 Å². The summed E-state index contributed by atoms with van der Waals surface area (Å²) >= 11 is 0. The molecule has 3 rings (SSSR count). The number of hydrogen-bond acceptors (Lipinski definition) is 6. The molecule has 2 aromatic carbocycles. The van der Waals surface area contributed by atoms with Gasteiger partial charge in [0.05, 0.1) is 4.90 Å². The zero-order chi connectivity index (χ0) is 29.7. The number of aryl methyl sites for hydroxylation is 1. The zero-order valence-electron chi connectivity index (χ0n) is 22.8. The molecule has 1 N–H and O–H groups in total. The number of sulfonamides is 1. The maximum absolute atomic E-state index is 13.5. The third-order valence-corrected chi connectivity index (χ3v) is 7.90. The molecule has 1 heterocycles. The normalized spacial score (nSPS) is 16.9. The minimum atomic E-state index is -4.93. The number of nitrogens with zero attached hydrogens (tertiary/aromatic N) is 2. The summed E-state index contributed by atoms with van der Waals surface area (Å²) in [6.45, 7) is 6.72. The van der Waals surface area contributed by atoms with Gasteiger partial charge in [0.1, 0.15) is 17.4 Å². The van der Waals surface area contributed by atoms with Crippen molar-refractivity contribution < 1.29 is 40.7 Å². The summed E-state index contributed by atoms with van der Waals surface area (Å²) in [6.07, 6.45) is -3.71. The fraction of sp³-hybridized carbons (Fsp3) is 0.481. The first-order valence-electron chi connectivity index (χ1n) is 12.8. The van der Waals surface area contributed by atoms with Crippen LogP contribution < -0.4 is 10.1 Å². The number of nitrogens with one attached hydrogen (secondary N) is 1. The monoisotopic (exact) mass is 585 g/mol. The number of halogens is 3. The minimum Gasteiger partial charge on any atom is -0.444 e. The van der Waals surface area contributed by atoms with Gasteiger partial charge in [-0.2, -0.15) is 4.31 Å². The van der Waals surface area contributed by atoms with Gasteiger partial charge in [0.25, 0.3) is 0 Å². The van der Waals surface area contributed by atoms with Gasteiger partial charge in [0, 0.05) is 26.2 Å². The highest BCUT2D eigenvalue weighted by Crippen LogP contribution is 2.27. The Morgan fingerprint density at radius 3 is 2.12 bits per heavy atom. The average Bonchev–Trinajstić information content (AvgIpc) is 2.86. The summed E-state index contributed by atoms with van der Waals surface area (Å²) in [7, 11) is -4.34. The predicted molar refractivity (Wildman–Crippen MR) is 141 cm³/mol. The quantitative estimate of drug-likeness (QED) is 0.491. The number of piperazine rings is 1. The Morgan fingerprint density at radius 2 is 1.57 bits per heavy atom. The lowest BCUT2D eigenvalue weighted by atomic mass is 10.1. The van der Waals surface area contributed by atoms with Gasteiger partial charge in [0.2, 0.25) is 15.9 Å². The number of amides is 2. The molecule has 0 spiro atoms. The summed E-state index contributed by atoms with van der Waals surface area (Å²) in [4.78, 5) is 27.0. The number of benzene rings is 2. The van der Waals surface area contributed by atoms with E-state index in [-0.39, 0.29) is 31.1 Å². The van der Waals surface area contributed by atoms with E-state index in [0.717, 1.165) is 52.5 Å². The van der Waals surface area contributed by atoms with Crippen molar-refractivity contribution in [3.63, 3.8) is 0 Å². The molecule has 2 aromatic rings. The zero-order valence-corrected chi connectivity index (χ0v) is 23.6. The van der Waals surface area contributed by atoms with Crippen LogP contribution in [-0.2, 0) is 32.5 Å². The topological polar surface area (TPSA) is 105 Å². The molecule has 9 nitrogen and oxygen atoms in total.